The lowest BCUT2D eigenvalue weighted by atomic mass is 9.90. The standard InChI is InChI=1S/C26H22BrN3O5/c1-26-12-20(19-11-17(27)6-8-21(19)35-26)29-25(32)30(26)18-4-2-3-16(10-18)24(31)28-13-15-5-7-22-23(9-15)34-14-33-22/h2-11,20H,12-14H2,1H3,(H,28,31)(H,29,32)/t20-,26-/m1/s1. The summed E-state index contributed by atoms with van der Waals surface area (Å²) in [5.74, 6) is 1.85. The first kappa shape index (κ1) is 21.8. The molecule has 3 aromatic carbocycles. The molecule has 3 heterocycles. The number of carbonyl (C=O) groups excluding carboxylic acids is 2. The van der Waals surface area contributed by atoms with E-state index in [1.54, 1.807) is 29.2 Å². The molecule has 1 fully saturated rings. The molecule has 9 heteroatoms. The van der Waals surface area contributed by atoms with Crippen molar-refractivity contribution in [1.29, 1.82) is 0 Å². The van der Waals surface area contributed by atoms with Gasteiger partial charge in [-0.05, 0) is 61.0 Å². The molecule has 3 aliphatic rings. The van der Waals surface area contributed by atoms with E-state index in [4.69, 9.17) is 14.2 Å². The number of fused-ring (bicyclic) bond motifs is 5. The Morgan fingerprint density at radius 3 is 2.83 bits per heavy atom. The molecule has 0 spiro atoms. The number of urea groups is 1. The highest BCUT2D eigenvalue weighted by molar-refractivity contribution is 9.10. The van der Waals surface area contributed by atoms with E-state index in [1.165, 1.54) is 0 Å². The molecule has 0 aromatic heterocycles. The third kappa shape index (κ3) is 3.85. The summed E-state index contributed by atoms with van der Waals surface area (Å²) in [5.41, 5.74) is 1.98. The van der Waals surface area contributed by atoms with Gasteiger partial charge in [-0.25, -0.2) is 4.79 Å². The molecule has 3 amide bonds. The number of rotatable bonds is 4. The zero-order valence-electron chi connectivity index (χ0n) is 18.8. The van der Waals surface area contributed by atoms with Gasteiger partial charge < -0.3 is 24.8 Å². The van der Waals surface area contributed by atoms with Gasteiger partial charge in [0, 0.05) is 28.6 Å². The van der Waals surface area contributed by atoms with Crippen molar-refractivity contribution in [3.05, 3.63) is 81.8 Å². The van der Waals surface area contributed by atoms with Crippen LogP contribution < -0.4 is 29.7 Å². The summed E-state index contributed by atoms with van der Waals surface area (Å²) in [6.45, 7) is 2.43. The molecule has 0 radical (unpaired) electrons. The van der Waals surface area contributed by atoms with Gasteiger partial charge in [-0.1, -0.05) is 28.1 Å². The number of nitrogens with zero attached hydrogens (tertiary/aromatic N) is 1. The van der Waals surface area contributed by atoms with E-state index in [0.717, 1.165) is 21.3 Å². The molecule has 2 atom stereocenters. The maximum atomic E-state index is 13.2. The van der Waals surface area contributed by atoms with Crippen LogP contribution in [0.4, 0.5) is 10.5 Å². The normalized spacial score (nSPS) is 21.6. The first-order chi connectivity index (χ1) is 16.9. The molecule has 178 valence electrons. The molecule has 1 saturated heterocycles. The average molecular weight is 536 g/mol. The van der Waals surface area contributed by atoms with E-state index >= 15 is 0 Å². The molecule has 35 heavy (non-hydrogen) atoms. The van der Waals surface area contributed by atoms with Gasteiger partial charge in [-0.3, -0.25) is 9.69 Å². The van der Waals surface area contributed by atoms with Gasteiger partial charge >= 0.3 is 6.03 Å². The van der Waals surface area contributed by atoms with Crippen LogP contribution in [0.2, 0.25) is 0 Å². The van der Waals surface area contributed by atoms with Crippen LogP contribution >= 0.6 is 15.9 Å². The van der Waals surface area contributed by atoms with Gasteiger partial charge in [-0.2, -0.15) is 0 Å². The van der Waals surface area contributed by atoms with Crippen molar-refractivity contribution in [3.8, 4) is 17.2 Å². The lowest BCUT2D eigenvalue weighted by Crippen LogP contribution is -2.65. The van der Waals surface area contributed by atoms with Crippen LogP contribution in [0.3, 0.4) is 0 Å². The molecule has 0 aliphatic carbocycles. The Kier molecular flexibility index (Phi) is 5.10. The van der Waals surface area contributed by atoms with Crippen molar-refractivity contribution in [3.63, 3.8) is 0 Å². The summed E-state index contributed by atoms with van der Waals surface area (Å²) >= 11 is 3.49. The number of halogens is 1. The molecule has 2 N–H and O–H groups in total. The summed E-state index contributed by atoms with van der Waals surface area (Å²) in [5, 5.41) is 6.01. The Hall–Kier alpha value is -3.72. The topological polar surface area (TPSA) is 89.1 Å². The maximum Gasteiger partial charge on any atom is 0.325 e. The molecular weight excluding hydrogens is 514 g/mol. The molecule has 0 unspecified atom stereocenters. The lowest BCUT2D eigenvalue weighted by Gasteiger charge is -2.50. The highest BCUT2D eigenvalue weighted by Crippen LogP contribution is 2.46. The van der Waals surface area contributed by atoms with Crippen LogP contribution in [-0.4, -0.2) is 24.5 Å². The third-order valence-corrected chi connectivity index (χ3v) is 6.98. The van der Waals surface area contributed by atoms with E-state index < -0.39 is 5.72 Å². The number of nitrogens with one attached hydrogen (secondary N) is 2. The molecule has 2 bridgehead atoms. The monoisotopic (exact) mass is 535 g/mol. The smallest absolute Gasteiger partial charge is 0.325 e. The molecule has 6 rings (SSSR count). The molecule has 0 saturated carbocycles. The Balaban J connectivity index is 1.22. The van der Waals surface area contributed by atoms with E-state index in [0.29, 0.717) is 35.7 Å². The number of anilines is 1. The fourth-order valence-corrected chi connectivity index (χ4v) is 5.24. The first-order valence-corrected chi connectivity index (χ1v) is 12.0. The Bertz CT molecular complexity index is 1360. The van der Waals surface area contributed by atoms with Gasteiger partial charge in [0.15, 0.2) is 17.2 Å². The van der Waals surface area contributed by atoms with Crippen LogP contribution in [0, 0.1) is 0 Å². The van der Waals surface area contributed by atoms with Gasteiger partial charge in [0.25, 0.3) is 5.91 Å². The van der Waals surface area contributed by atoms with Crippen LogP contribution in [-0.2, 0) is 6.54 Å². The highest BCUT2D eigenvalue weighted by Gasteiger charge is 2.50. The van der Waals surface area contributed by atoms with Crippen molar-refractivity contribution in [2.75, 3.05) is 11.7 Å². The van der Waals surface area contributed by atoms with Crippen molar-refractivity contribution < 1.29 is 23.8 Å². The zero-order chi connectivity index (χ0) is 24.2. The van der Waals surface area contributed by atoms with Gasteiger partial charge in [-0.15, -0.1) is 0 Å². The predicted molar refractivity (Wildman–Crippen MR) is 132 cm³/mol. The van der Waals surface area contributed by atoms with Crippen LogP contribution in [0.5, 0.6) is 17.2 Å². The van der Waals surface area contributed by atoms with Crippen molar-refractivity contribution in [2.24, 2.45) is 0 Å². The Labute approximate surface area is 210 Å². The molecular formula is C26H22BrN3O5. The molecule has 3 aromatic rings. The maximum absolute atomic E-state index is 13.2. The fourth-order valence-electron chi connectivity index (χ4n) is 4.86. The molecule has 3 aliphatic heterocycles. The van der Waals surface area contributed by atoms with Crippen molar-refractivity contribution in [1.82, 2.24) is 10.6 Å². The van der Waals surface area contributed by atoms with E-state index in [-0.39, 0.29) is 24.8 Å². The number of amides is 3. The summed E-state index contributed by atoms with van der Waals surface area (Å²) in [6, 6.07) is 17.9. The number of ether oxygens (including phenoxy) is 3. The minimum atomic E-state index is -0.893. The predicted octanol–water partition coefficient (Wildman–Crippen LogP) is 4.88. The first-order valence-electron chi connectivity index (χ1n) is 11.3. The summed E-state index contributed by atoms with van der Waals surface area (Å²) in [4.78, 5) is 27.7. The number of carbonyl (C=O) groups is 2. The minimum absolute atomic E-state index is 0.154. The lowest BCUT2D eigenvalue weighted by molar-refractivity contribution is 0.0378. The summed E-state index contributed by atoms with van der Waals surface area (Å²) < 4.78 is 18.0. The second-order valence-corrected chi connectivity index (χ2v) is 9.84. The second kappa shape index (κ2) is 8.20. The van der Waals surface area contributed by atoms with Crippen LogP contribution in [0.25, 0.3) is 0 Å². The SMILES string of the molecule is C[C@@]12C[C@@H](NC(=O)N1c1cccc(C(=O)NCc3ccc4c(c3)OCO4)c1)c1cc(Br)ccc1O2. The Morgan fingerprint density at radius 2 is 1.94 bits per heavy atom. The third-order valence-electron chi connectivity index (χ3n) is 6.49. The largest absolute Gasteiger partial charge is 0.467 e. The number of hydrogen-bond donors (Lipinski definition) is 2. The highest BCUT2D eigenvalue weighted by atomic mass is 79.9. The zero-order valence-corrected chi connectivity index (χ0v) is 20.4. The van der Waals surface area contributed by atoms with Crippen LogP contribution in [0.1, 0.15) is 40.9 Å². The van der Waals surface area contributed by atoms with Crippen LogP contribution in [0.15, 0.2) is 65.1 Å². The van der Waals surface area contributed by atoms with Gasteiger partial charge in [0.1, 0.15) is 5.75 Å². The van der Waals surface area contributed by atoms with Crippen molar-refractivity contribution >= 4 is 33.6 Å². The van der Waals surface area contributed by atoms with Crippen molar-refractivity contribution in [2.45, 2.75) is 31.7 Å². The number of benzene rings is 3. The second-order valence-electron chi connectivity index (χ2n) is 8.92. The summed E-state index contributed by atoms with van der Waals surface area (Å²) in [7, 11) is 0. The van der Waals surface area contributed by atoms with Gasteiger partial charge in [0.05, 0.1) is 11.7 Å². The number of hydrogen-bond acceptors (Lipinski definition) is 5. The summed E-state index contributed by atoms with van der Waals surface area (Å²) in [6.07, 6.45) is 0.572. The molecule has 8 nitrogen and oxygen atoms in total. The fraction of sp³-hybridized carbons (Fsp3) is 0.231. The quantitative estimate of drug-likeness (QED) is 0.497. The van der Waals surface area contributed by atoms with Gasteiger partial charge in [0.2, 0.25) is 6.79 Å². The Morgan fingerprint density at radius 1 is 1.11 bits per heavy atom. The van der Waals surface area contributed by atoms with E-state index in [1.807, 2.05) is 43.3 Å². The van der Waals surface area contributed by atoms with E-state index in [2.05, 4.69) is 26.6 Å². The minimum Gasteiger partial charge on any atom is -0.467 e. The van der Waals surface area contributed by atoms with E-state index in [9.17, 15) is 9.59 Å². The average Bonchev–Trinajstić information content (AvgIpc) is 3.31.